The van der Waals surface area contributed by atoms with Crippen LogP contribution in [0.2, 0.25) is 10.0 Å². The monoisotopic (exact) mass is 642 g/mol. The number of carbonyl (C=O) groups is 2. The zero-order valence-corrected chi connectivity index (χ0v) is 27.3. The van der Waals surface area contributed by atoms with Crippen molar-refractivity contribution in [1.29, 1.82) is 0 Å². The Hall–Kier alpha value is -2.78. The van der Waals surface area contributed by atoms with E-state index in [-0.39, 0.29) is 11.8 Å². The van der Waals surface area contributed by atoms with Gasteiger partial charge in [0.05, 0.1) is 20.4 Å². The fourth-order valence-corrected chi connectivity index (χ4v) is 7.52. The van der Waals surface area contributed by atoms with Crippen LogP contribution in [0.4, 0.5) is 0 Å². The maximum atomic E-state index is 12.6. The number of carbonyl (C=O) groups excluding carboxylic acids is 2. The molecule has 42 heavy (non-hydrogen) atoms. The minimum absolute atomic E-state index is 0.109. The Morgan fingerprint density at radius 1 is 0.714 bits per heavy atom. The van der Waals surface area contributed by atoms with Gasteiger partial charge in [-0.2, -0.15) is 9.98 Å². The predicted molar refractivity (Wildman–Crippen MR) is 178 cm³/mol. The van der Waals surface area contributed by atoms with Crippen molar-refractivity contribution in [1.82, 2.24) is 9.13 Å². The van der Waals surface area contributed by atoms with Gasteiger partial charge in [-0.3, -0.25) is 9.59 Å². The van der Waals surface area contributed by atoms with Crippen molar-refractivity contribution in [3.05, 3.63) is 80.4 Å². The number of unbranched alkanes of at least 4 members (excludes halogenated alkanes) is 5. The lowest BCUT2D eigenvalue weighted by molar-refractivity contribution is -0.119. The SMILES string of the molecule is C=CCn1c(=NC(=O)CCCCCCCCC(=O)N=c2sc3ccc(Cl)c(C)c3n2CC=C)sc2ccc(Cl)c(C)c21. The van der Waals surface area contributed by atoms with Crippen molar-refractivity contribution < 1.29 is 9.59 Å². The van der Waals surface area contributed by atoms with Gasteiger partial charge in [-0.05, 0) is 62.1 Å². The Morgan fingerprint density at radius 3 is 1.48 bits per heavy atom. The van der Waals surface area contributed by atoms with Crippen molar-refractivity contribution in [2.75, 3.05) is 0 Å². The minimum Gasteiger partial charge on any atom is -0.312 e. The molecule has 2 amide bonds. The molecule has 6 nitrogen and oxygen atoms in total. The van der Waals surface area contributed by atoms with Crippen LogP contribution < -0.4 is 9.60 Å². The summed E-state index contributed by atoms with van der Waals surface area (Å²) in [6, 6.07) is 7.71. The average molecular weight is 644 g/mol. The molecule has 4 aromatic rings. The smallest absolute Gasteiger partial charge is 0.248 e. The van der Waals surface area contributed by atoms with Crippen LogP contribution in [0.3, 0.4) is 0 Å². The first kappa shape index (κ1) is 32.1. The third kappa shape index (κ3) is 7.59. The van der Waals surface area contributed by atoms with Gasteiger partial charge in [-0.25, -0.2) is 0 Å². The summed E-state index contributed by atoms with van der Waals surface area (Å²) in [6.07, 6.45) is 10.00. The Labute approximate surface area is 264 Å². The van der Waals surface area contributed by atoms with Gasteiger partial charge in [0.15, 0.2) is 9.60 Å². The van der Waals surface area contributed by atoms with Crippen LogP contribution in [0.15, 0.2) is 59.6 Å². The van der Waals surface area contributed by atoms with E-state index in [9.17, 15) is 9.59 Å². The van der Waals surface area contributed by atoms with Crippen LogP contribution in [0.1, 0.15) is 62.5 Å². The molecule has 2 aromatic heterocycles. The van der Waals surface area contributed by atoms with E-state index in [1.54, 1.807) is 12.2 Å². The summed E-state index contributed by atoms with van der Waals surface area (Å²) in [7, 11) is 0. The number of hydrogen-bond acceptors (Lipinski definition) is 4. The normalized spacial score (nSPS) is 12.5. The van der Waals surface area contributed by atoms with E-state index in [4.69, 9.17) is 23.2 Å². The number of thiazole rings is 2. The fourth-order valence-electron chi connectivity index (χ4n) is 4.98. The molecule has 0 aliphatic heterocycles. The Balaban J connectivity index is 1.23. The number of aromatic nitrogens is 2. The molecule has 0 radical (unpaired) electrons. The summed E-state index contributed by atoms with van der Waals surface area (Å²) in [5, 5.41) is 1.40. The van der Waals surface area contributed by atoms with Gasteiger partial charge in [-0.1, -0.05) is 83.7 Å². The lowest BCUT2D eigenvalue weighted by atomic mass is 10.1. The van der Waals surface area contributed by atoms with Crippen molar-refractivity contribution in [3.8, 4) is 0 Å². The number of hydrogen-bond donors (Lipinski definition) is 0. The first-order chi connectivity index (χ1) is 20.2. The number of halogens is 2. The summed E-state index contributed by atoms with van der Waals surface area (Å²) in [5.74, 6) is -0.217. The molecule has 0 unspecified atom stereocenters. The standard InChI is InChI=1S/C32H36Cl2N4O2S2/c1-5-19-37-29-21(3)23(33)15-17-25(29)41-31(37)35-27(39)13-11-9-7-8-10-12-14-28(40)36-32-38(20-6-2)30-22(4)24(34)16-18-26(30)42-32/h5-6,15-18H,1-2,7-14,19-20H2,3-4H3. The Bertz CT molecular complexity index is 1640. The number of rotatable bonds is 13. The Kier molecular flexibility index (Phi) is 11.6. The number of allylic oxidation sites excluding steroid dienone is 2. The van der Waals surface area contributed by atoms with E-state index in [0.29, 0.717) is 45.6 Å². The first-order valence-corrected chi connectivity index (χ1v) is 16.6. The van der Waals surface area contributed by atoms with E-state index in [1.807, 2.05) is 47.2 Å². The first-order valence-electron chi connectivity index (χ1n) is 14.2. The van der Waals surface area contributed by atoms with Crippen LogP contribution in [-0.4, -0.2) is 20.9 Å². The predicted octanol–water partition coefficient (Wildman–Crippen LogP) is 8.69. The lowest BCUT2D eigenvalue weighted by Gasteiger charge is -2.05. The quantitative estimate of drug-likeness (QED) is 0.108. The second-order valence-electron chi connectivity index (χ2n) is 10.2. The summed E-state index contributed by atoms with van der Waals surface area (Å²) in [4.78, 5) is 35.5. The van der Waals surface area contributed by atoms with Crippen LogP contribution in [0.5, 0.6) is 0 Å². The van der Waals surface area contributed by atoms with Crippen molar-refractivity contribution in [2.24, 2.45) is 9.98 Å². The molecule has 0 saturated heterocycles. The highest BCUT2D eigenvalue weighted by Crippen LogP contribution is 2.28. The average Bonchev–Trinajstić information content (AvgIpc) is 3.48. The molecule has 0 spiro atoms. The maximum Gasteiger partial charge on any atom is 0.248 e. The molecular weight excluding hydrogens is 607 g/mol. The summed E-state index contributed by atoms with van der Waals surface area (Å²) < 4.78 is 6.12. The van der Waals surface area contributed by atoms with Crippen LogP contribution in [-0.2, 0) is 22.7 Å². The second-order valence-corrected chi connectivity index (χ2v) is 13.1. The van der Waals surface area contributed by atoms with Gasteiger partial charge in [0.2, 0.25) is 11.8 Å². The van der Waals surface area contributed by atoms with Crippen LogP contribution in [0.25, 0.3) is 20.4 Å². The van der Waals surface area contributed by atoms with E-state index >= 15 is 0 Å². The summed E-state index contributed by atoms with van der Waals surface area (Å²) in [6.45, 7) is 12.8. The largest absolute Gasteiger partial charge is 0.312 e. The topological polar surface area (TPSA) is 68.7 Å². The molecule has 0 aliphatic rings. The summed E-state index contributed by atoms with van der Waals surface area (Å²) >= 11 is 15.7. The third-order valence-corrected chi connectivity index (χ3v) is 10.1. The van der Waals surface area contributed by atoms with Gasteiger partial charge < -0.3 is 9.13 Å². The van der Waals surface area contributed by atoms with E-state index in [2.05, 4.69) is 23.1 Å². The molecule has 0 fully saturated rings. The number of benzene rings is 2. The number of aryl methyl sites for hydroxylation is 2. The van der Waals surface area contributed by atoms with Gasteiger partial charge in [0.25, 0.3) is 0 Å². The minimum atomic E-state index is -0.109. The Morgan fingerprint density at radius 2 is 1.10 bits per heavy atom. The summed E-state index contributed by atoms with van der Waals surface area (Å²) in [5.41, 5.74) is 3.97. The van der Waals surface area contributed by atoms with Gasteiger partial charge >= 0.3 is 0 Å². The lowest BCUT2D eigenvalue weighted by Crippen LogP contribution is -2.16. The highest BCUT2D eigenvalue weighted by molar-refractivity contribution is 7.16. The number of nitrogens with zero attached hydrogens (tertiary/aromatic N) is 4. The molecule has 10 heteroatoms. The molecule has 222 valence electrons. The fraction of sp³-hybridized carbons (Fsp3) is 0.375. The molecule has 2 heterocycles. The second kappa shape index (κ2) is 15.1. The maximum absolute atomic E-state index is 12.6. The van der Waals surface area contributed by atoms with Crippen molar-refractivity contribution >= 4 is 78.1 Å². The zero-order valence-electron chi connectivity index (χ0n) is 24.1. The molecule has 0 bridgehead atoms. The number of amides is 2. The number of fused-ring (bicyclic) bond motifs is 2. The molecule has 0 aliphatic carbocycles. The van der Waals surface area contributed by atoms with Gasteiger partial charge in [0, 0.05) is 36.0 Å². The third-order valence-electron chi connectivity index (χ3n) is 7.16. The van der Waals surface area contributed by atoms with Crippen LogP contribution >= 0.6 is 45.9 Å². The van der Waals surface area contributed by atoms with Crippen LogP contribution in [0, 0.1) is 13.8 Å². The van der Waals surface area contributed by atoms with Crippen molar-refractivity contribution in [2.45, 2.75) is 78.3 Å². The molecule has 2 aromatic carbocycles. The highest BCUT2D eigenvalue weighted by atomic mass is 35.5. The van der Waals surface area contributed by atoms with E-state index < -0.39 is 0 Å². The molecular formula is C32H36Cl2N4O2S2. The molecule has 4 rings (SSSR count). The highest BCUT2D eigenvalue weighted by Gasteiger charge is 2.13. The van der Waals surface area contributed by atoms with Gasteiger partial charge in [0.1, 0.15) is 0 Å². The molecule has 0 saturated carbocycles. The molecule has 0 N–H and O–H groups in total. The van der Waals surface area contributed by atoms with E-state index in [0.717, 1.165) is 70.1 Å². The van der Waals surface area contributed by atoms with Gasteiger partial charge in [-0.15, -0.1) is 13.2 Å². The van der Waals surface area contributed by atoms with Crippen molar-refractivity contribution in [3.63, 3.8) is 0 Å². The molecule has 0 atom stereocenters. The van der Waals surface area contributed by atoms with E-state index in [1.165, 1.54) is 22.7 Å². The zero-order chi connectivity index (χ0) is 30.2.